The Balaban J connectivity index is 0.000000306. The van der Waals surface area contributed by atoms with Gasteiger partial charge in [-0.25, -0.2) is 0 Å². The van der Waals surface area contributed by atoms with Crippen molar-refractivity contribution >= 4 is 5.91 Å². The molecule has 108 valence electrons. The lowest BCUT2D eigenvalue weighted by molar-refractivity contribution is -0.132. The molecule has 0 bridgehead atoms. The number of hydrogen-bond donors (Lipinski definition) is 0. The standard InChI is InChI=1S/C6H11NO2.C6H13NO.H2O/c1-6(8)7-2-4-9-5-3-7;1-2-7-3-5-8-6-4-7;/h2-5H2,1H3;2-6H2,1H3;1H2. The van der Waals surface area contributed by atoms with Gasteiger partial charge in [0.15, 0.2) is 0 Å². The molecule has 2 heterocycles. The van der Waals surface area contributed by atoms with Crippen molar-refractivity contribution in [3.63, 3.8) is 0 Å². The Morgan fingerprint density at radius 2 is 1.44 bits per heavy atom. The highest BCUT2D eigenvalue weighted by Crippen LogP contribution is 1.95. The Morgan fingerprint density at radius 3 is 1.72 bits per heavy atom. The molecule has 0 aromatic carbocycles. The molecule has 2 rings (SSSR count). The van der Waals surface area contributed by atoms with Crippen molar-refractivity contribution in [1.82, 2.24) is 9.80 Å². The summed E-state index contributed by atoms with van der Waals surface area (Å²) in [6.07, 6.45) is 0. The van der Waals surface area contributed by atoms with Crippen molar-refractivity contribution in [2.24, 2.45) is 0 Å². The molecule has 18 heavy (non-hydrogen) atoms. The van der Waals surface area contributed by atoms with Crippen LogP contribution in [0.3, 0.4) is 0 Å². The SMILES string of the molecule is CC(=O)N1CCOCC1.CCN1CCOCC1.O. The monoisotopic (exact) mass is 262 g/mol. The first kappa shape index (κ1) is 17.3. The van der Waals surface area contributed by atoms with Gasteiger partial charge in [0.25, 0.3) is 0 Å². The first-order chi connectivity index (χ1) is 8.24. The van der Waals surface area contributed by atoms with E-state index in [9.17, 15) is 4.79 Å². The van der Waals surface area contributed by atoms with Crippen molar-refractivity contribution in [2.45, 2.75) is 13.8 Å². The maximum Gasteiger partial charge on any atom is 0.219 e. The summed E-state index contributed by atoms with van der Waals surface area (Å²) in [5.41, 5.74) is 0. The third-order valence-corrected chi connectivity index (χ3v) is 3.01. The summed E-state index contributed by atoms with van der Waals surface area (Å²) in [4.78, 5) is 14.9. The molecule has 0 atom stereocenters. The number of nitrogens with zero attached hydrogens (tertiary/aromatic N) is 2. The number of carbonyl (C=O) groups is 1. The van der Waals surface area contributed by atoms with Gasteiger partial charge in [-0.3, -0.25) is 9.69 Å². The lowest BCUT2D eigenvalue weighted by Crippen LogP contribution is -2.39. The third-order valence-electron chi connectivity index (χ3n) is 3.01. The van der Waals surface area contributed by atoms with Crippen LogP contribution in [0.4, 0.5) is 0 Å². The average molecular weight is 262 g/mol. The Kier molecular flexibility index (Phi) is 9.86. The second-order valence-corrected chi connectivity index (χ2v) is 4.17. The van der Waals surface area contributed by atoms with Crippen molar-refractivity contribution in [1.29, 1.82) is 0 Å². The first-order valence-corrected chi connectivity index (χ1v) is 6.37. The van der Waals surface area contributed by atoms with Gasteiger partial charge in [-0.05, 0) is 6.54 Å². The van der Waals surface area contributed by atoms with Crippen LogP contribution in [0.2, 0.25) is 0 Å². The molecule has 0 aromatic rings. The molecule has 2 N–H and O–H groups in total. The highest BCUT2D eigenvalue weighted by molar-refractivity contribution is 5.73. The van der Waals surface area contributed by atoms with Crippen LogP contribution >= 0.6 is 0 Å². The molecule has 0 aromatic heterocycles. The summed E-state index contributed by atoms with van der Waals surface area (Å²) in [5.74, 6) is 0.151. The van der Waals surface area contributed by atoms with E-state index in [1.54, 1.807) is 11.8 Å². The maximum absolute atomic E-state index is 10.7. The summed E-state index contributed by atoms with van der Waals surface area (Å²) in [5, 5.41) is 0. The van der Waals surface area contributed by atoms with Gasteiger partial charge in [0.2, 0.25) is 5.91 Å². The molecule has 2 aliphatic heterocycles. The summed E-state index contributed by atoms with van der Waals surface area (Å²) >= 11 is 0. The minimum absolute atomic E-state index is 0. The zero-order valence-corrected chi connectivity index (χ0v) is 11.5. The number of ether oxygens (including phenoxy) is 2. The Hall–Kier alpha value is -0.690. The predicted molar refractivity (Wildman–Crippen MR) is 69.6 cm³/mol. The average Bonchev–Trinajstić information content (AvgIpc) is 2.41. The summed E-state index contributed by atoms with van der Waals surface area (Å²) < 4.78 is 10.2. The number of rotatable bonds is 1. The van der Waals surface area contributed by atoms with Crippen LogP contribution in [-0.2, 0) is 14.3 Å². The van der Waals surface area contributed by atoms with Gasteiger partial charge in [0, 0.05) is 33.1 Å². The Labute approximate surface area is 109 Å². The Bertz CT molecular complexity index is 214. The van der Waals surface area contributed by atoms with E-state index in [0.29, 0.717) is 13.2 Å². The van der Waals surface area contributed by atoms with Crippen LogP contribution < -0.4 is 0 Å². The maximum atomic E-state index is 10.7. The topological polar surface area (TPSA) is 73.5 Å². The molecule has 0 unspecified atom stereocenters. The highest BCUT2D eigenvalue weighted by Gasteiger charge is 2.11. The number of morpholine rings is 2. The van der Waals surface area contributed by atoms with Crippen molar-refractivity contribution in [3.05, 3.63) is 0 Å². The van der Waals surface area contributed by atoms with Gasteiger partial charge in [-0.15, -0.1) is 0 Å². The normalized spacial score (nSPS) is 20.4. The van der Waals surface area contributed by atoms with Gasteiger partial charge >= 0.3 is 0 Å². The summed E-state index contributed by atoms with van der Waals surface area (Å²) in [6.45, 7) is 11.9. The fourth-order valence-electron chi connectivity index (χ4n) is 1.80. The molecule has 6 heteroatoms. The minimum atomic E-state index is 0. The van der Waals surface area contributed by atoms with Gasteiger partial charge in [-0.2, -0.15) is 0 Å². The molecule has 2 fully saturated rings. The predicted octanol–water partition coefficient (Wildman–Crippen LogP) is -0.621. The number of amides is 1. The molecule has 0 radical (unpaired) electrons. The van der Waals surface area contributed by atoms with Crippen molar-refractivity contribution < 1.29 is 19.7 Å². The lowest BCUT2D eigenvalue weighted by atomic mass is 10.4. The van der Waals surface area contributed by atoms with Crippen LogP contribution in [0.5, 0.6) is 0 Å². The van der Waals surface area contributed by atoms with E-state index in [0.717, 1.165) is 39.4 Å². The zero-order valence-electron chi connectivity index (χ0n) is 11.5. The lowest BCUT2D eigenvalue weighted by Gasteiger charge is -2.25. The number of carbonyl (C=O) groups excluding carboxylic acids is 1. The van der Waals surface area contributed by atoms with Gasteiger partial charge in [-0.1, -0.05) is 6.92 Å². The Morgan fingerprint density at radius 1 is 1.00 bits per heavy atom. The van der Waals surface area contributed by atoms with E-state index >= 15 is 0 Å². The fourth-order valence-corrected chi connectivity index (χ4v) is 1.80. The third kappa shape index (κ3) is 6.90. The fraction of sp³-hybridized carbons (Fsp3) is 0.917. The number of hydrogen-bond acceptors (Lipinski definition) is 4. The quantitative estimate of drug-likeness (QED) is 0.631. The van der Waals surface area contributed by atoms with Gasteiger partial charge < -0.3 is 19.8 Å². The van der Waals surface area contributed by atoms with E-state index in [2.05, 4.69) is 11.8 Å². The van der Waals surface area contributed by atoms with E-state index in [1.807, 2.05) is 0 Å². The molecule has 1 amide bonds. The van der Waals surface area contributed by atoms with Crippen molar-refractivity contribution in [3.8, 4) is 0 Å². The molecule has 2 aliphatic rings. The van der Waals surface area contributed by atoms with Crippen LogP contribution in [0.1, 0.15) is 13.8 Å². The van der Waals surface area contributed by atoms with Crippen LogP contribution in [0.15, 0.2) is 0 Å². The molecular formula is C12H26N2O4. The molecule has 0 aliphatic carbocycles. The first-order valence-electron chi connectivity index (χ1n) is 6.37. The molecule has 2 saturated heterocycles. The van der Waals surface area contributed by atoms with Gasteiger partial charge in [0.05, 0.1) is 26.4 Å². The largest absolute Gasteiger partial charge is 0.412 e. The van der Waals surface area contributed by atoms with Crippen LogP contribution in [0.25, 0.3) is 0 Å². The highest BCUT2D eigenvalue weighted by atomic mass is 16.5. The molecular weight excluding hydrogens is 236 g/mol. The number of likely N-dealkylation sites (N-methyl/N-ethyl adjacent to an activating group) is 1. The smallest absolute Gasteiger partial charge is 0.219 e. The summed E-state index contributed by atoms with van der Waals surface area (Å²) in [6, 6.07) is 0. The second-order valence-electron chi connectivity index (χ2n) is 4.17. The van der Waals surface area contributed by atoms with E-state index in [4.69, 9.17) is 9.47 Å². The van der Waals surface area contributed by atoms with Crippen LogP contribution in [0, 0.1) is 0 Å². The molecule has 0 spiro atoms. The molecule has 0 saturated carbocycles. The van der Waals surface area contributed by atoms with E-state index < -0.39 is 0 Å². The van der Waals surface area contributed by atoms with E-state index in [-0.39, 0.29) is 11.4 Å². The second kappa shape index (κ2) is 10.3. The zero-order chi connectivity index (χ0) is 12.5. The van der Waals surface area contributed by atoms with Crippen molar-refractivity contribution in [2.75, 3.05) is 59.2 Å². The summed E-state index contributed by atoms with van der Waals surface area (Å²) in [7, 11) is 0. The minimum Gasteiger partial charge on any atom is -0.412 e. The van der Waals surface area contributed by atoms with Gasteiger partial charge in [0.1, 0.15) is 0 Å². The molecule has 6 nitrogen and oxygen atoms in total. The van der Waals surface area contributed by atoms with E-state index in [1.165, 1.54) is 6.54 Å². The van der Waals surface area contributed by atoms with Crippen LogP contribution in [-0.4, -0.2) is 80.3 Å².